The van der Waals surface area contributed by atoms with Crippen molar-refractivity contribution in [2.45, 2.75) is 52.2 Å². The predicted octanol–water partition coefficient (Wildman–Crippen LogP) is 2.04. The van der Waals surface area contributed by atoms with Gasteiger partial charge in [0.25, 0.3) is 0 Å². The summed E-state index contributed by atoms with van der Waals surface area (Å²) in [5, 5.41) is 8.91. The van der Waals surface area contributed by atoms with E-state index in [0.29, 0.717) is 12.0 Å². The number of carboxylic acids is 1. The Bertz CT molecular complexity index is 304. The van der Waals surface area contributed by atoms with Crippen LogP contribution in [0.3, 0.4) is 0 Å². The topological polar surface area (TPSA) is 55.8 Å². The van der Waals surface area contributed by atoms with E-state index in [1.54, 1.807) is 12.9 Å². The van der Waals surface area contributed by atoms with Crippen LogP contribution in [0.5, 0.6) is 0 Å². The van der Waals surface area contributed by atoms with Crippen molar-refractivity contribution < 1.29 is 19.2 Å². The van der Waals surface area contributed by atoms with Crippen molar-refractivity contribution in [1.29, 1.82) is 0 Å². The van der Waals surface area contributed by atoms with Gasteiger partial charge in [0, 0.05) is 5.57 Å². The Balaban J connectivity index is 2.84. The van der Waals surface area contributed by atoms with Crippen LogP contribution in [0.25, 0.3) is 0 Å². The zero-order valence-corrected chi connectivity index (χ0v) is 10.5. The van der Waals surface area contributed by atoms with E-state index < -0.39 is 24.3 Å². The summed E-state index contributed by atoms with van der Waals surface area (Å²) in [6, 6.07) is 0. The van der Waals surface area contributed by atoms with Crippen LogP contribution in [0.15, 0.2) is 11.5 Å². The van der Waals surface area contributed by atoms with E-state index in [-0.39, 0.29) is 0 Å². The fraction of sp³-hybridized carbons (Fsp3) is 0.727. The zero-order chi connectivity index (χ0) is 12.6. The summed E-state index contributed by atoms with van der Waals surface area (Å²) in [7, 11) is -0.573. The molecule has 0 radical (unpaired) electrons. The molecule has 0 atom stereocenters. The highest BCUT2D eigenvalue weighted by Crippen LogP contribution is 2.37. The van der Waals surface area contributed by atoms with Crippen molar-refractivity contribution in [3.8, 4) is 0 Å². The third-order valence-electron chi connectivity index (χ3n) is 3.26. The number of carboxylic acid groups (broad SMARTS) is 1. The molecule has 4 nitrogen and oxygen atoms in total. The number of hydrogen-bond acceptors (Lipinski definition) is 3. The second kappa shape index (κ2) is 4.22. The van der Waals surface area contributed by atoms with Gasteiger partial charge in [0.2, 0.25) is 0 Å². The van der Waals surface area contributed by atoms with E-state index in [2.05, 4.69) is 0 Å². The van der Waals surface area contributed by atoms with Crippen molar-refractivity contribution >= 4 is 13.1 Å². The summed E-state index contributed by atoms with van der Waals surface area (Å²) in [5.74, 6) is 0.621. The van der Waals surface area contributed by atoms with Crippen LogP contribution in [0.2, 0.25) is 0 Å². The van der Waals surface area contributed by atoms with Crippen LogP contribution in [0.1, 0.15) is 41.0 Å². The first-order valence-electron chi connectivity index (χ1n) is 5.49. The Morgan fingerprint density at radius 2 is 1.69 bits per heavy atom. The standard InChI is InChI=1S/C11H19BO4/c1-6-8(9(13)14)7-12-15-10(2,3)11(4,5)16-12/h7H,6H2,1-5H3,(H,13,14)/b8-7+. The van der Waals surface area contributed by atoms with Gasteiger partial charge in [-0.2, -0.15) is 0 Å². The van der Waals surface area contributed by atoms with Gasteiger partial charge < -0.3 is 14.4 Å². The molecule has 0 aromatic heterocycles. The molecule has 16 heavy (non-hydrogen) atoms. The molecule has 1 N–H and O–H groups in total. The van der Waals surface area contributed by atoms with Crippen LogP contribution < -0.4 is 0 Å². The first-order chi connectivity index (χ1) is 7.19. The van der Waals surface area contributed by atoms with Crippen molar-refractivity contribution in [3.05, 3.63) is 11.5 Å². The molecule has 1 aliphatic rings. The molecule has 0 aliphatic carbocycles. The molecule has 1 saturated heterocycles. The highest BCUT2D eigenvalue weighted by Gasteiger charge is 2.50. The van der Waals surface area contributed by atoms with E-state index in [0.717, 1.165) is 0 Å². The van der Waals surface area contributed by atoms with Gasteiger partial charge in [-0.15, -0.1) is 0 Å². The first kappa shape index (κ1) is 13.3. The van der Waals surface area contributed by atoms with Crippen molar-refractivity contribution in [3.63, 3.8) is 0 Å². The maximum absolute atomic E-state index is 10.9. The largest absolute Gasteiger partial charge is 0.487 e. The average molecular weight is 226 g/mol. The molecule has 0 aromatic rings. The van der Waals surface area contributed by atoms with Gasteiger partial charge in [-0.05, 0) is 40.1 Å². The van der Waals surface area contributed by atoms with E-state index in [1.807, 2.05) is 27.7 Å². The summed E-state index contributed by atoms with van der Waals surface area (Å²) in [5.41, 5.74) is -0.532. The lowest BCUT2D eigenvalue weighted by Gasteiger charge is -2.32. The SMILES string of the molecule is CC/C(=C\B1OC(C)(C)C(C)(C)O1)C(=O)O. The molecule has 0 unspecified atom stereocenters. The van der Waals surface area contributed by atoms with Crippen LogP contribution >= 0.6 is 0 Å². The minimum absolute atomic E-state index is 0.318. The molecule has 0 bridgehead atoms. The maximum Gasteiger partial charge on any atom is 0.487 e. The molecule has 1 rings (SSSR count). The summed E-state index contributed by atoms with van der Waals surface area (Å²) in [6.45, 7) is 9.55. The predicted molar refractivity (Wildman–Crippen MR) is 62.1 cm³/mol. The van der Waals surface area contributed by atoms with Gasteiger partial charge in [0.05, 0.1) is 11.2 Å². The number of hydrogen-bond donors (Lipinski definition) is 1. The van der Waals surface area contributed by atoms with E-state index in [1.165, 1.54) is 0 Å². The highest BCUT2D eigenvalue weighted by atomic mass is 16.7. The molecule has 90 valence electrons. The monoisotopic (exact) mass is 226 g/mol. The van der Waals surface area contributed by atoms with Crippen molar-refractivity contribution in [2.75, 3.05) is 0 Å². The zero-order valence-electron chi connectivity index (χ0n) is 10.5. The van der Waals surface area contributed by atoms with Gasteiger partial charge in [-0.1, -0.05) is 6.92 Å². The third-order valence-corrected chi connectivity index (χ3v) is 3.26. The molecular weight excluding hydrogens is 207 g/mol. The van der Waals surface area contributed by atoms with Gasteiger partial charge in [-0.25, -0.2) is 4.79 Å². The van der Waals surface area contributed by atoms with Crippen molar-refractivity contribution in [2.24, 2.45) is 0 Å². The van der Waals surface area contributed by atoms with Crippen LogP contribution in [-0.4, -0.2) is 29.4 Å². The van der Waals surface area contributed by atoms with Gasteiger partial charge in [-0.3, -0.25) is 0 Å². The lowest BCUT2D eigenvalue weighted by Crippen LogP contribution is -2.41. The van der Waals surface area contributed by atoms with Gasteiger partial charge in [0.15, 0.2) is 0 Å². The average Bonchev–Trinajstić information content (AvgIpc) is 2.31. The lowest BCUT2D eigenvalue weighted by molar-refractivity contribution is -0.132. The Labute approximate surface area is 96.8 Å². The molecule has 1 fully saturated rings. The van der Waals surface area contributed by atoms with Crippen LogP contribution in [0, 0.1) is 0 Å². The normalized spacial score (nSPS) is 23.6. The fourth-order valence-electron chi connectivity index (χ4n) is 1.46. The van der Waals surface area contributed by atoms with Crippen LogP contribution in [-0.2, 0) is 14.1 Å². The molecule has 1 heterocycles. The first-order valence-corrected chi connectivity index (χ1v) is 5.49. The fourth-order valence-corrected chi connectivity index (χ4v) is 1.46. The minimum atomic E-state index is -0.919. The molecule has 1 aliphatic heterocycles. The lowest BCUT2D eigenvalue weighted by atomic mass is 9.86. The van der Waals surface area contributed by atoms with Crippen molar-refractivity contribution in [1.82, 2.24) is 0 Å². The summed E-state index contributed by atoms with van der Waals surface area (Å²) >= 11 is 0. The summed E-state index contributed by atoms with van der Waals surface area (Å²) in [4.78, 5) is 10.9. The molecule has 0 amide bonds. The Morgan fingerprint density at radius 3 is 2.00 bits per heavy atom. The third kappa shape index (κ3) is 2.47. The van der Waals surface area contributed by atoms with E-state index >= 15 is 0 Å². The Morgan fingerprint density at radius 1 is 1.25 bits per heavy atom. The second-order valence-corrected chi connectivity index (χ2v) is 4.98. The molecule has 5 heteroatoms. The molecule has 0 spiro atoms. The quantitative estimate of drug-likeness (QED) is 0.590. The highest BCUT2D eigenvalue weighted by molar-refractivity contribution is 6.52. The minimum Gasteiger partial charge on any atom is -0.478 e. The Hall–Kier alpha value is -0.805. The molecular formula is C11H19BO4. The van der Waals surface area contributed by atoms with Gasteiger partial charge >= 0.3 is 13.1 Å². The summed E-state index contributed by atoms with van der Waals surface area (Å²) in [6.07, 6.45) is 0.458. The number of aliphatic carboxylic acids is 1. The smallest absolute Gasteiger partial charge is 0.478 e. The second-order valence-electron chi connectivity index (χ2n) is 4.98. The summed E-state index contributed by atoms with van der Waals surface area (Å²) < 4.78 is 11.4. The van der Waals surface area contributed by atoms with Gasteiger partial charge in [0.1, 0.15) is 0 Å². The number of carbonyl (C=O) groups is 1. The maximum atomic E-state index is 10.9. The molecule has 0 saturated carbocycles. The van der Waals surface area contributed by atoms with E-state index in [4.69, 9.17) is 14.4 Å². The van der Waals surface area contributed by atoms with Crippen LogP contribution in [0.4, 0.5) is 0 Å². The molecule has 0 aromatic carbocycles. The van der Waals surface area contributed by atoms with E-state index in [9.17, 15) is 4.79 Å². The number of rotatable bonds is 3. The Kier molecular flexibility index (Phi) is 3.50.